The molecule has 0 fully saturated rings. The molecule has 8 heteroatoms. The summed E-state index contributed by atoms with van der Waals surface area (Å²) in [4.78, 5) is 4.73. The first-order chi connectivity index (χ1) is 13.7. The molecule has 0 aliphatic carbocycles. The molecule has 162 valence electrons. The van der Waals surface area contributed by atoms with Gasteiger partial charge >= 0.3 is 0 Å². The van der Waals surface area contributed by atoms with E-state index < -0.39 is 0 Å². The zero-order valence-electron chi connectivity index (χ0n) is 17.6. The lowest BCUT2D eigenvalue weighted by Crippen LogP contribution is -2.40. The molecule has 1 heterocycles. The number of rotatable bonds is 12. The minimum atomic E-state index is 0. The molecule has 0 radical (unpaired) electrons. The van der Waals surface area contributed by atoms with Crippen LogP contribution in [0.5, 0.6) is 5.75 Å². The Morgan fingerprint density at radius 2 is 2.03 bits per heavy atom. The van der Waals surface area contributed by atoms with Crippen LogP contribution in [0, 0.1) is 5.92 Å². The molecule has 7 nitrogen and oxygen atoms in total. The standard InChI is InChI=1S/C21H33N5O2.HI/c1-4-28-14-6-11-22-21(23-15-18(2)17-26-13-5-12-25-26)24-16-19-7-9-20(27-3)10-8-19;/h5,7-10,12-13,18H,4,6,11,14-17H2,1-3H3,(H2,22,23,24);1H. The monoisotopic (exact) mass is 515 g/mol. The van der Waals surface area contributed by atoms with Crippen molar-refractivity contribution in [2.75, 3.05) is 33.4 Å². The number of halogens is 1. The zero-order chi connectivity index (χ0) is 20.0. The lowest BCUT2D eigenvalue weighted by Gasteiger charge is -2.17. The summed E-state index contributed by atoms with van der Waals surface area (Å²) in [6, 6.07) is 9.94. The van der Waals surface area contributed by atoms with E-state index in [0.29, 0.717) is 12.5 Å². The smallest absolute Gasteiger partial charge is 0.191 e. The lowest BCUT2D eigenvalue weighted by molar-refractivity contribution is 0.145. The summed E-state index contributed by atoms with van der Waals surface area (Å²) in [7, 11) is 1.67. The predicted octanol–water partition coefficient (Wildman–Crippen LogP) is 3.31. The van der Waals surface area contributed by atoms with Crippen molar-refractivity contribution in [3.63, 3.8) is 0 Å². The Hall–Kier alpha value is -1.81. The number of hydrogen-bond donors (Lipinski definition) is 2. The van der Waals surface area contributed by atoms with Gasteiger partial charge in [-0.2, -0.15) is 5.10 Å². The minimum Gasteiger partial charge on any atom is -0.497 e. The molecule has 0 bridgehead atoms. The first kappa shape index (κ1) is 25.2. The van der Waals surface area contributed by atoms with Crippen molar-refractivity contribution in [3.8, 4) is 5.75 Å². The Morgan fingerprint density at radius 1 is 1.24 bits per heavy atom. The molecule has 2 aromatic rings. The van der Waals surface area contributed by atoms with Crippen LogP contribution in [0.3, 0.4) is 0 Å². The Balaban J connectivity index is 0.00000420. The molecule has 0 aliphatic heterocycles. The average molecular weight is 515 g/mol. The number of aromatic nitrogens is 2. The van der Waals surface area contributed by atoms with Gasteiger partial charge in [0.1, 0.15) is 5.75 Å². The number of aliphatic imine (C=N–C) groups is 1. The fraction of sp³-hybridized carbons (Fsp3) is 0.524. The number of methoxy groups -OCH3 is 1. The van der Waals surface area contributed by atoms with E-state index in [4.69, 9.17) is 14.5 Å². The number of ether oxygens (including phenoxy) is 2. The summed E-state index contributed by atoms with van der Waals surface area (Å²) < 4.78 is 12.6. The van der Waals surface area contributed by atoms with Crippen LogP contribution in [0.4, 0.5) is 0 Å². The summed E-state index contributed by atoms with van der Waals surface area (Å²) in [6.07, 6.45) is 4.74. The Kier molecular flexibility index (Phi) is 13.1. The quantitative estimate of drug-likeness (QED) is 0.197. The van der Waals surface area contributed by atoms with E-state index in [9.17, 15) is 0 Å². The zero-order valence-corrected chi connectivity index (χ0v) is 20.0. The van der Waals surface area contributed by atoms with Crippen molar-refractivity contribution < 1.29 is 9.47 Å². The van der Waals surface area contributed by atoms with E-state index in [1.165, 1.54) is 0 Å². The number of nitrogens with zero attached hydrogens (tertiary/aromatic N) is 3. The molecule has 0 amide bonds. The highest BCUT2D eigenvalue weighted by Gasteiger charge is 2.06. The van der Waals surface area contributed by atoms with Crippen LogP contribution in [-0.2, 0) is 17.8 Å². The molecule has 29 heavy (non-hydrogen) atoms. The summed E-state index contributed by atoms with van der Waals surface area (Å²) in [5.74, 6) is 2.10. The number of nitrogens with one attached hydrogen (secondary N) is 2. The van der Waals surface area contributed by atoms with Gasteiger partial charge in [0.25, 0.3) is 0 Å². The van der Waals surface area contributed by atoms with Crippen LogP contribution in [-0.4, -0.2) is 49.2 Å². The van der Waals surface area contributed by atoms with Crippen LogP contribution in [0.25, 0.3) is 0 Å². The van der Waals surface area contributed by atoms with Gasteiger partial charge in [0.15, 0.2) is 5.96 Å². The second kappa shape index (κ2) is 15.1. The molecule has 2 rings (SSSR count). The highest BCUT2D eigenvalue weighted by atomic mass is 127. The molecule has 1 aromatic heterocycles. The normalized spacial score (nSPS) is 12.2. The highest BCUT2D eigenvalue weighted by molar-refractivity contribution is 14.0. The predicted molar refractivity (Wildman–Crippen MR) is 128 cm³/mol. The Labute approximate surface area is 191 Å². The van der Waals surface area contributed by atoms with Gasteiger partial charge in [0.05, 0.1) is 13.7 Å². The first-order valence-electron chi connectivity index (χ1n) is 9.91. The van der Waals surface area contributed by atoms with Gasteiger partial charge in [-0.3, -0.25) is 4.68 Å². The number of guanidine groups is 1. The number of benzene rings is 1. The van der Waals surface area contributed by atoms with E-state index >= 15 is 0 Å². The van der Waals surface area contributed by atoms with Gasteiger partial charge in [-0.05, 0) is 43.0 Å². The first-order valence-corrected chi connectivity index (χ1v) is 9.91. The van der Waals surface area contributed by atoms with E-state index in [-0.39, 0.29) is 24.0 Å². The van der Waals surface area contributed by atoms with Crippen molar-refractivity contribution >= 4 is 29.9 Å². The van der Waals surface area contributed by atoms with Gasteiger partial charge in [-0.25, -0.2) is 4.99 Å². The van der Waals surface area contributed by atoms with Crippen LogP contribution >= 0.6 is 24.0 Å². The van der Waals surface area contributed by atoms with Gasteiger partial charge in [-0.15, -0.1) is 24.0 Å². The molecule has 0 saturated carbocycles. The Morgan fingerprint density at radius 3 is 2.69 bits per heavy atom. The van der Waals surface area contributed by atoms with E-state index in [0.717, 1.165) is 56.5 Å². The molecular weight excluding hydrogens is 481 g/mol. The third-order valence-electron chi connectivity index (χ3n) is 4.22. The average Bonchev–Trinajstić information content (AvgIpc) is 3.22. The molecule has 0 spiro atoms. The summed E-state index contributed by atoms with van der Waals surface area (Å²) in [5, 5.41) is 11.1. The van der Waals surface area contributed by atoms with Gasteiger partial charge < -0.3 is 20.1 Å². The molecule has 2 N–H and O–H groups in total. The van der Waals surface area contributed by atoms with Crippen molar-refractivity contribution in [1.29, 1.82) is 0 Å². The molecule has 0 aliphatic rings. The third kappa shape index (κ3) is 10.5. The van der Waals surface area contributed by atoms with Crippen molar-refractivity contribution in [2.24, 2.45) is 10.9 Å². The Bertz CT molecular complexity index is 677. The van der Waals surface area contributed by atoms with Crippen molar-refractivity contribution in [2.45, 2.75) is 33.4 Å². The molecular formula is C21H34IN5O2. The van der Waals surface area contributed by atoms with Crippen LogP contribution in [0.1, 0.15) is 25.8 Å². The fourth-order valence-corrected chi connectivity index (χ4v) is 2.66. The van der Waals surface area contributed by atoms with Crippen molar-refractivity contribution in [3.05, 3.63) is 48.3 Å². The fourth-order valence-electron chi connectivity index (χ4n) is 2.66. The molecule has 1 atom stereocenters. The highest BCUT2D eigenvalue weighted by Crippen LogP contribution is 2.11. The summed E-state index contributed by atoms with van der Waals surface area (Å²) in [5.41, 5.74) is 1.14. The second-order valence-electron chi connectivity index (χ2n) is 6.70. The molecule has 1 unspecified atom stereocenters. The van der Waals surface area contributed by atoms with Gasteiger partial charge in [0.2, 0.25) is 0 Å². The van der Waals surface area contributed by atoms with Crippen LogP contribution < -0.4 is 15.4 Å². The molecule has 0 saturated heterocycles. The van der Waals surface area contributed by atoms with E-state index in [1.54, 1.807) is 7.11 Å². The maximum Gasteiger partial charge on any atom is 0.191 e. The molecule has 1 aromatic carbocycles. The van der Waals surface area contributed by atoms with Gasteiger partial charge in [-0.1, -0.05) is 19.1 Å². The lowest BCUT2D eigenvalue weighted by atomic mass is 10.2. The van der Waals surface area contributed by atoms with E-state index in [2.05, 4.69) is 22.7 Å². The summed E-state index contributed by atoms with van der Waals surface area (Å²) >= 11 is 0. The number of hydrogen-bond acceptors (Lipinski definition) is 4. The van der Waals surface area contributed by atoms with Crippen molar-refractivity contribution in [1.82, 2.24) is 20.4 Å². The largest absolute Gasteiger partial charge is 0.497 e. The maximum atomic E-state index is 5.40. The minimum absolute atomic E-state index is 0. The SMILES string of the molecule is CCOCCCNC(=NCc1ccc(OC)cc1)NCC(C)Cn1cccn1.I. The second-order valence-corrected chi connectivity index (χ2v) is 6.70. The van der Waals surface area contributed by atoms with Crippen LogP contribution in [0.2, 0.25) is 0 Å². The third-order valence-corrected chi connectivity index (χ3v) is 4.22. The maximum absolute atomic E-state index is 5.40. The summed E-state index contributed by atoms with van der Waals surface area (Å²) in [6.45, 7) is 8.84. The van der Waals surface area contributed by atoms with Crippen LogP contribution in [0.15, 0.2) is 47.7 Å². The van der Waals surface area contributed by atoms with E-state index in [1.807, 2.05) is 54.3 Å². The topological polar surface area (TPSA) is 72.7 Å². The van der Waals surface area contributed by atoms with Gasteiger partial charge in [0, 0.05) is 45.2 Å².